The van der Waals surface area contributed by atoms with Crippen LogP contribution in [-0.2, 0) is 4.79 Å². The van der Waals surface area contributed by atoms with Crippen molar-refractivity contribution in [1.82, 2.24) is 4.90 Å². The van der Waals surface area contributed by atoms with Crippen LogP contribution in [0.3, 0.4) is 0 Å². The van der Waals surface area contributed by atoms with Gasteiger partial charge < -0.3 is 15.3 Å². The second kappa shape index (κ2) is 10.2. The molecule has 2 heterocycles. The van der Waals surface area contributed by atoms with Crippen LogP contribution >= 0.6 is 23.4 Å². The minimum Gasteiger partial charge on any atom is -0.353 e. The summed E-state index contributed by atoms with van der Waals surface area (Å²) in [4.78, 5) is 22.5. The van der Waals surface area contributed by atoms with Crippen LogP contribution in [0.1, 0.15) is 32.4 Å². The van der Waals surface area contributed by atoms with Crippen LogP contribution < -0.4 is 10.2 Å². The normalized spacial score (nSPS) is 21.1. The van der Waals surface area contributed by atoms with Crippen molar-refractivity contribution in [3.8, 4) is 0 Å². The van der Waals surface area contributed by atoms with Gasteiger partial charge >= 0.3 is 0 Å². The number of benzene rings is 3. The number of fused-ring (bicyclic) bond motifs is 1. The zero-order valence-corrected chi connectivity index (χ0v) is 22.5. The van der Waals surface area contributed by atoms with Gasteiger partial charge in [-0.15, -0.1) is 0 Å². The highest BCUT2D eigenvalue weighted by Crippen LogP contribution is 2.49. The summed E-state index contributed by atoms with van der Waals surface area (Å²) in [7, 11) is 0. The molecule has 2 N–H and O–H groups in total. The number of allylic oxidation sites excluding steroid dienone is 1. The second-order valence-corrected chi connectivity index (χ2v) is 10.8. The van der Waals surface area contributed by atoms with Crippen LogP contribution in [0.15, 0.2) is 101 Å². The van der Waals surface area contributed by atoms with Crippen LogP contribution in [0.5, 0.6) is 0 Å². The van der Waals surface area contributed by atoms with Crippen molar-refractivity contribution in [3.05, 3.63) is 107 Å². The van der Waals surface area contributed by atoms with Gasteiger partial charge in [-0.05, 0) is 62.7 Å². The maximum Gasteiger partial charge on any atom is 0.255 e. The third-order valence-electron chi connectivity index (χ3n) is 6.57. The van der Waals surface area contributed by atoms with Gasteiger partial charge in [-0.1, -0.05) is 71.9 Å². The number of nitrogens with one attached hydrogen (secondary N) is 1. The number of rotatable bonds is 6. The van der Waals surface area contributed by atoms with Crippen molar-refractivity contribution in [2.24, 2.45) is 4.99 Å². The molecular weight excluding hydrogens is 504 g/mol. The molecule has 37 heavy (non-hydrogen) atoms. The standard InChI is InChI=1S/C29H29ClN4O2S/c1-19(2)33(24-12-8-5-9-13-24)29(36)18-37-28-31-20(3)25(27(35)32-23-10-6-4-7-11-23)26(34(28)29)21-14-16-22(30)17-15-21/h4-17,19,26,36H,18H2,1-3H3,(H,32,35)/t26-,29+/m1/s1. The molecule has 1 amide bonds. The number of carbonyl (C=O) groups is 1. The fourth-order valence-electron chi connectivity index (χ4n) is 5.05. The lowest BCUT2D eigenvalue weighted by molar-refractivity contribution is -0.114. The van der Waals surface area contributed by atoms with Gasteiger partial charge in [0.2, 0.25) is 5.85 Å². The largest absolute Gasteiger partial charge is 0.353 e. The van der Waals surface area contributed by atoms with Gasteiger partial charge in [0.05, 0.1) is 23.1 Å². The molecule has 0 aliphatic carbocycles. The number of hydrogen-bond acceptors (Lipinski definition) is 6. The zero-order chi connectivity index (χ0) is 26.2. The van der Waals surface area contributed by atoms with Gasteiger partial charge in [0, 0.05) is 22.4 Å². The van der Waals surface area contributed by atoms with Crippen LogP contribution in [-0.4, -0.2) is 38.7 Å². The molecule has 2 aliphatic heterocycles. The molecule has 0 spiro atoms. The maximum atomic E-state index is 13.8. The maximum absolute atomic E-state index is 13.8. The van der Waals surface area contributed by atoms with E-state index in [1.54, 1.807) is 0 Å². The zero-order valence-electron chi connectivity index (χ0n) is 20.9. The lowest BCUT2D eigenvalue weighted by Gasteiger charge is -2.50. The molecule has 5 rings (SSSR count). The molecule has 2 aliphatic rings. The van der Waals surface area contributed by atoms with Gasteiger partial charge in [0.25, 0.3) is 5.91 Å². The van der Waals surface area contributed by atoms with Gasteiger partial charge in [-0.3, -0.25) is 9.69 Å². The number of hydrogen-bond donors (Lipinski definition) is 2. The van der Waals surface area contributed by atoms with E-state index in [9.17, 15) is 9.90 Å². The minimum absolute atomic E-state index is 0.0354. The van der Waals surface area contributed by atoms with Crippen molar-refractivity contribution in [1.29, 1.82) is 0 Å². The van der Waals surface area contributed by atoms with Crippen molar-refractivity contribution in [2.75, 3.05) is 16.0 Å². The first-order valence-corrected chi connectivity index (χ1v) is 13.6. The van der Waals surface area contributed by atoms with E-state index in [4.69, 9.17) is 16.6 Å². The second-order valence-electron chi connectivity index (χ2n) is 9.40. The molecule has 1 saturated heterocycles. The summed E-state index contributed by atoms with van der Waals surface area (Å²) in [5.74, 6) is -1.34. The third-order valence-corrected chi connectivity index (χ3v) is 7.90. The summed E-state index contributed by atoms with van der Waals surface area (Å²) in [6.07, 6.45) is 0. The fourth-order valence-corrected chi connectivity index (χ4v) is 6.37. The fraction of sp³-hybridized carbons (Fsp3) is 0.241. The summed E-state index contributed by atoms with van der Waals surface area (Å²) in [6, 6.07) is 26.0. The molecule has 3 aromatic carbocycles. The predicted molar refractivity (Wildman–Crippen MR) is 153 cm³/mol. The molecule has 0 radical (unpaired) electrons. The summed E-state index contributed by atoms with van der Waals surface area (Å²) < 4.78 is 0. The number of para-hydroxylation sites is 2. The quantitative estimate of drug-likeness (QED) is 0.366. The number of amidine groups is 1. The first-order valence-electron chi connectivity index (χ1n) is 12.2. The molecule has 1 fully saturated rings. The number of nitrogens with zero attached hydrogens (tertiary/aromatic N) is 3. The first kappa shape index (κ1) is 25.4. The van der Waals surface area contributed by atoms with E-state index >= 15 is 0 Å². The van der Waals surface area contributed by atoms with Crippen LogP contribution in [0.4, 0.5) is 11.4 Å². The van der Waals surface area contributed by atoms with Crippen LogP contribution in [0.25, 0.3) is 0 Å². The monoisotopic (exact) mass is 532 g/mol. The van der Waals surface area contributed by atoms with Crippen molar-refractivity contribution < 1.29 is 9.90 Å². The Labute approximate surface area is 226 Å². The van der Waals surface area contributed by atoms with Crippen molar-refractivity contribution >= 4 is 45.8 Å². The van der Waals surface area contributed by atoms with Crippen molar-refractivity contribution in [2.45, 2.75) is 38.7 Å². The molecule has 8 heteroatoms. The average Bonchev–Trinajstić information content (AvgIpc) is 3.21. The molecule has 0 aromatic heterocycles. The molecule has 0 unspecified atom stereocenters. The molecule has 2 atom stereocenters. The Hall–Kier alpha value is -3.26. The summed E-state index contributed by atoms with van der Waals surface area (Å²) >= 11 is 7.72. The minimum atomic E-state index is -1.44. The molecule has 0 saturated carbocycles. The number of anilines is 2. The van der Waals surface area contributed by atoms with Gasteiger partial charge in [-0.2, -0.15) is 0 Å². The SMILES string of the molecule is CC1=C(C(=O)Nc2ccccc2)[C@@H](c2ccc(Cl)cc2)N2C(=N1)SC[C@]2(O)N(c1ccccc1)C(C)C. The average molecular weight is 533 g/mol. The summed E-state index contributed by atoms with van der Waals surface area (Å²) in [5.41, 5.74) is 3.52. The van der Waals surface area contributed by atoms with Gasteiger partial charge in [0.15, 0.2) is 5.17 Å². The molecule has 3 aromatic rings. The Balaban J connectivity index is 1.65. The Kier molecular flexibility index (Phi) is 7.03. The Morgan fingerprint density at radius 1 is 1.08 bits per heavy atom. The number of aliphatic imine (C=N–C) groups is 1. The van der Waals surface area contributed by atoms with E-state index < -0.39 is 11.9 Å². The Bertz CT molecular complexity index is 1350. The summed E-state index contributed by atoms with van der Waals surface area (Å²) in [6.45, 7) is 5.95. The molecular formula is C29H29ClN4O2S. The van der Waals surface area contributed by atoms with Gasteiger partial charge in [0.1, 0.15) is 0 Å². The van der Waals surface area contributed by atoms with E-state index in [0.717, 1.165) is 11.3 Å². The van der Waals surface area contributed by atoms with E-state index in [-0.39, 0.29) is 11.9 Å². The molecule has 0 bridgehead atoms. The number of halogens is 1. The highest BCUT2D eigenvalue weighted by molar-refractivity contribution is 8.14. The molecule has 6 nitrogen and oxygen atoms in total. The highest BCUT2D eigenvalue weighted by Gasteiger charge is 2.55. The van der Waals surface area contributed by atoms with E-state index in [1.165, 1.54) is 11.8 Å². The number of amides is 1. The van der Waals surface area contributed by atoms with Gasteiger partial charge in [-0.25, -0.2) is 4.99 Å². The lowest BCUT2D eigenvalue weighted by atomic mass is 9.92. The Morgan fingerprint density at radius 2 is 1.70 bits per heavy atom. The highest BCUT2D eigenvalue weighted by atomic mass is 35.5. The van der Waals surface area contributed by atoms with E-state index in [1.807, 2.05) is 102 Å². The topological polar surface area (TPSA) is 68.2 Å². The first-order chi connectivity index (χ1) is 17.8. The van der Waals surface area contributed by atoms with E-state index in [0.29, 0.717) is 32.9 Å². The molecule has 190 valence electrons. The third kappa shape index (κ3) is 4.75. The number of thioether (sulfide) groups is 1. The summed E-state index contributed by atoms with van der Waals surface area (Å²) in [5, 5.41) is 16.8. The smallest absolute Gasteiger partial charge is 0.255 e. The van der Waals surface area contributed by atoms with Crippen LogP contribution in [0, 0.1) is 0 Å². The van der Waals surface area contributed by atoms with Crippen molar-refractivity contribution in [3.63, 3.8) is 0 Å². The number of aliphatic hydroxyl groups is 1. The number of carbonyl (C=O) groups excluding carboxylic acids is 1. The lowest BCUT2D eigenvalue weighted by Crippen LogP contribution is -2.64. The van der Waals surface area contributed by atoms with E-state index in [2.05, 4.69) is 19.2 Å². The Morgan fingerprint density at radius 3 is 2.32 bits per heavy atom. The predicted octanol–water partition coefficient (Wildman–Crippen LogP) is 6.27. The van der Waals surface area contributed by atoms with Crippen LogP contribution in [0.2, 0.25) is 5.02 Å².